The molecule has 1 saturated carbocycles. The molecule has 1 nitrogen and oxygen atoms in total. The van der Waals surface area contributed by atoms with E-state index in [0.717, 1.165) is 25.2 Å². The maximum Gasteiger partial charge on any atom is 0.0579 e. The average molecular weight is 196 g/mol. The van der Waals surface area contributed by atoms with Gasteiger partial charge in [0.2, 0.25) is 0 Å². The Kier molecular flexibility index (Phi) is 5.24. The average Bonchev–Trinajstić information content (AvgIpc) is 2.19. The normalized spacial score (nSPS) is 20.7. The quantitative estimate of drug-likeness (QED) is 0.665. The summed E-state index contributed by atoms with van der Waals surface area (Å²) in [6.07, 6.45) is 9.47. The first-order chi connectivity index (χ1) is 6.72. The van der Waals surface area contributed by atoms with Crippen molar-refractivity contribution in [1.82, 2.24) is 0 Å². The molecule has 0 radical (unpaired) electrons. The summed E-state index contributed by atoms with van der Waals surface area (Å²) in [5.41, 5.74) is 1.19. The first-order valence-corrected chi connectivity index (χ1v) is 6.07. The lowest BCUT2D eigenvalue weighted by Gasteiger charge is -2.24. The molecule has 1 aliphatic carbocycles. The second-order valence-electron chi connectivity index (χ2n) is 4.70. The molecule has 1 atom stereocenters. The minimum atomic E-state index is -0.134. The molecular weight excluding hydrogens is 172 g/mol. The van der Waals surface area contributed by atoms with Gasteiger partial charge in [-0.15, -0.1) is 0 Å². The molecule has 1 N–H and O–H groups in total. The van der Waals surface area contributed by atoms with E-state index in [1.165, 1.54) is 37.7 Å². The van der Waals surface area contributed by atoms with E-state index in [1.54, 1.807) is 0 Å². The molecule has 0 amide bonds. The summed E-state index contributed by atoms with van der Waals surface area (Å²) in [6, 6.07) is 0. The smallest absolute Gasteiger partial charge is 0.0579 e. The monoisotopic (exact) mass is 196 g/mol. The number of hydrogen-bond donors (Lipinski definition) is 1. The Bertz CT molecular complexity index is 168. The predicted octanol–water partition coefficient (Wildman–Crippen LogP) is 3.67. The molecule has 0 aromatic heterocycles. The van der Waals surface area contributed by atoms with E-state index in [2.05, 4.69) is 13.5 Å². The summed E-state index contributed by atoms with van der Waals surface area (Å²) in [5.74, 6) is 0.781. The highest BCUT2D eigenvalue weighted by Gasteiger charge is 2.17. The van der Waals surface area contributed by atoms with Crippen molar-refractivity contribution < 1.29 is 5.11 Å². The molecule has 0 saturated heterocycles. The molecule has 82 valence electrons. The van der Waals surface area contributed by atoms with Gasteiger partial charge in [0.05, 0.1) is 6.10 Å². The Morgan fingerprint density at radius 3 is 2.57 bits per heavy atom. The fourth-order valence-electron chi connectivity index (χ4n) is 2.37. The number of hydrogen-bond acceptors (Lipinski definition) is 1. The highest BCUT2D eigenvalue weighted by atomic mass is 16.3. The van der Waals surface area contributed by atoms with Crippen LogP contribution in [0.5, 0.6) is 0 Å². The first-order valence-electron chi connectivity index (χ1n) is 6.07. The predicted molar refractivity (Wildman–Crippen MR) is 61.2 cm³/mol. The van der Waals surface area contributed by atoms with Crippen LogP contribution in [0.1, 0.15) is 58.3 Å². The number of rotatable bonds is 5. The van der Waals surface area contributed by atoms with Crippen molar-refractivity contribution in [3.63, 3.8) is 0 Å². The Balaban J connectivity index is 2.18. The molecular formula is C13H24O. The Morgan fingerprint density at radius 1 is 1.36 bits per heavy atom. The number of aliphatic hydroxyl groups is 1. The summed E-state index contributed by atoms with van der Waals surface area (Å²) in [5, 5.41) is 9.84. The Morgan fingerprint density at radius 2 is 2.00 bits per heavy atom. The fourth-order valence-corrected chi connectivity index (χ4v) is 2.37. The lowest BCUT2D eigenvalue weighted by molar-refractivity contribution is 0.129. The Hall–Kier alpha value is -0.300. The third kappa shape index (κ3) is 4.28. The zero-order valence-electron chi connectivity index (χ0n) is 9.47. The second-order valence-corrected chi connectivity index (χ2v) is 4.70. The topological polar surface area (TPSA) is 20.2 Å². The molecule has 0 heterocycles. The SMILES string of the molecule is C=C(CC)CC(O)CC1CCCCC1. The van der Waals surface area contributed by atoms with E-state index >= 15 is 0 Å². The lowest BCUT2D eigenvalue weighted by atomic mass is 9.84. The summed E-state index contributed by atoms with van der Waals surface area (Å²) in [4.78, 5) is 0. The zero-order valence-corrected chi connectivity index (χ0v) is 9.47. The molecule has 1 rings (SSSR count). The third-order valence-electron chi connectivity index (χ3n) is 3.35. The molecule has 0 aromatic carbocycles. The minimum absolute atomic E-state index is 0.134. The molecule has 0 aliphatic heterocycles. The van der Waals surface area contributed by atoms with Gasteiger partial charge in [-0.3, -0.25) is 0 Å². The molecule has 1 fully saturated rings. The van der Waals surface area contributed by atoms with E-state index in [9.17, 15) is 5.11 Å². The van der Waals surface area contributed by atoms with Crippen molar-refractivity contribution in [1.29, 1.82) is 0 Å². The van der Waals surface area contributed by atoms with E-state index in [4.69, 9.17) is 0 Å². The van der Waals surface area contributed by atoms with Crippen molar-refractivity contribution in [2.45, 2.75) is 64.4 Å². The zero-order chi connectivity index (χ0) is 10.4. The van der Waals surface area contributed by atoms with Gasteiger partial charge < -0.3 is 5.11 Å². The van der Waals surface area contributed by atoms with Gasteiger partial charge in [-0.1, -0.05) is 51.2 Å². The van der Waals surface area contributed by atoms with Gasteiger partial charge in [0.1, 0.15) is 0 Å². The van der Waals surface area contributed by atoms with Gasteiger partial charge in [-0.25, -0.2) is 0 Å². The van der Waals surface area contributed by atoms with Crippen molar-refractivity contribution in [2.75, 3.05) is 0 Å². The van der Waals surface area contributed by atoms with Crippen molar-refractivity contribution in [3.8, 4) is 0 Å². The van der Waals surface area contributed by atoms with E-state index < -0.39 is 0 Å². The van der Waals surface area contributed by atoms with Gasteiger partial charge in [0.25, 0.3) is 0 Å². The van der Waals surface area contributed by atoms with Crippen LogP contribution in [0.4, 0.5) is 0 Å². The number of aliphatic hydroxyl groups excluding tert-OH is 1. The van der Waals surface area contributed by atoms with Crippen LogP contribution in [-0.4, -0.2) is 11.2 Å². The second kappa shape index (κ2) is 6.23. The van der Waals surface area contributed by atoms with E-state index in [-0.39, 0.29) is 6.10 Å². The summed E-state index contributed by atoms with van der Waals surface area (Å²) < 4.78 is 0. The van der Waals surface area contributed by atoms with Crippen LogP contribution in [0.3, 0.4) is 0 Å². The van der Waals surface area contributed by atoms with Gasteiger partial charge in [0, 0.05) is 0 Å². The maximum absolute atomic E-state index is 9.84. The standard InChI is InChI=1S/C13H24O/c1-3-11(2)9-13(14)10-12-7-5-4-6-8-12/h12-14H,2-10H2,1H3. The van der Waals surface area contributed by atoms with Crippen molar-refractivity contribution in [3.05, 3.63) is 12.2 Å². The van der Waals surface area contributed by atoms with Gasteiger partial charge in [-0.05, 0) is 25.2 Å². The summed E-state index contributed by atoms with van der Waals surface area (Å²) >= 11 is 0. The molecule has 0 bridgehead atoms. The first kappa shape index (κ1) is 11.8. The maximum atomic E-state index is 9.84. The van der Waals surface area contributed by atoms with Crippen LogP contribution in [-0.2, 0) is 0 Å². The van der Waals surface area contributed by atoms with Crippen LogP contribution < -0.4 is 0 Å². The third-order valence-corrected chi connectivity index (χ3v) is 3.35. The molecule has 1 aliphatic rings. The van der Waals surface area contributed by atoms with Gasteiger partial charge in [0.15, 0.2) is 0 Å². The van der Waals surface area contributed by atoms with Crippen LogP contribution in [0.15, 0.2) is 12.2 Å². The summed E-state index contributed by atoms with van der Waals surface area (Å²) in [6.45, 7) is 6.05. The molecule has 0 aromatic rings. The lowest BCUT2D eigenvalue weighted by Crippen LogP contribution is -2.16. The van der Waals surface area contributed by atoms with E-state index in [1.807, 2.05) is 0 Å². The highest BCUT2D eigenvalue weighted by molar-refractivity contribution is 4.94. The van der Waals surface area contributed by atoms with Crippen LogP contribution in [0.2, 0.25) is 0 Å². The van der Waals surface area contributed by atoms with Crippen LogP contribution in [0, 0.1) is 5.92 Å². The molecule has 1 heteroatoms. The molecule has 0 spiro atoms. The highest BCUT2D eigenvalue weighted by Crippen LogP contribution is 2.28. The van der Waals surface area contributed by atoms with Gasteiger partial charge >= 0.3 is 0 Å². The van der Waals surface area contributed by atoms with E-state index in [0.29, 0.717) is 0 Å². The largest absolute Gasteiger partial charge is 0.393 e. The summed E-state index contributed by atoms with van der Waals surface area (Å²) in [7, 11) is 0. The fraction of sp³-hybridized carbons (Fsp3) is 0.846. The minimum Gasteiger partial charge on any atom is -0.393 e. The van der Waals surface area contributed by atoms with Crippen molar-refractivity contribution in [2.24, 2.45) is 5.92 Å². The van der Waals surface area contributed by atoms with Crippen LogP contribution in [0.25, 0.3) is 0 Å². The van der Waals surface area contributed by atoms with Gasteiger partial charge in [-0.2, -0.15) is 0 Å². The van der Waals surface area contributed by atoms with Crippen molar-refractivity contribution >= 4 is 0 Å². The Labute approximate surface area is 88.2 Å². The van der Waals surface area contributed by atoms with Crippen LogP contribution >= 0.6 is 0 Å². The molecule has 1 unspecified atom stereocenters. The molecule has 14 heavy (non-hydrogen) atoms.